The summed E-state index contributed by atoms with van der Waals surface area (Å²) in [5.74, 6) is -0.225. The molecular weight excluding hydrogens is 379 g/mol. The summed E-state index contributed by atoms with van der Waals surface area (Å²) in [6.45, 7) is 0.114. The van der Waals surface area contributed by atoms with Crippen LogP contribution >= 0.6 is 0 Å². The van der Waals surface area contributed by atoms with Crippen molar-refractivity contribution in [1.82, 2.24) is 4.90 Å². The smallest absolute Gasteiger partial charge is 0.406 e. The van der Waals surface area contributed by atoms with Crippen molar-refractivity contribution >= 4 is 0 Å². The number of likely N-dealkylation sites (N-methyl/N-ethyl adjacent to an activating group) is 1. The van der Waals surface area contributed by atoms with Crippen LogP contribution in [0, 0.1) is 0 Å². The molecule has 2 aromatic rings. The second-order valence-electron chi connectivity index (χ2n) is 7.10. The number of hydrogen-bond donors (Lipinski definition) is 1. The van der Waals surface area contributed by atoms with Crippen LogP contribution < -0.4 is 4.74 Å². The van der Waals surface area contributed by atoms with E-state index in [2.05, 4.69) is 10.8 Å². The van der Waals surface area contributed by atoms with Gasteiger partial charge in [-0.15, -0.1) is 13.2 Å². The number of nitrogens with zero attached hydrogens (tertiary/aromatic N) is 1. The van der Waals surface area contributed by atoms with Crippen molar-refractivity contribution in [2.45, 2.75) is 31.7 Å². The maximum Gasteiger partial charge on any atom is 0.573 e. The molecule has 0 bridgehead atoms. The second-order valence-corrected chi connectivity index (χ2v) is 7.10. The molecule has 2 aromatic carbocycles. The molecule has 6 heteroatoms. The van der Waals surface area contributed by atoms with E-state index in [-0.39, 0.29) is 18.4 Å². The van der Waals surface area contributed by atoms with Gasteiger partial charge in [0.15, 0.2) is 0 Å². The lowest BCUT2D eigenvalue weighted by molar-refractivity contribution is -0.274. The van der Waals surface area contributed by atoms with Crippen LogP contribution in [-0.2, 0) is 6.42 Å². The minimum atomic E-state index is -4.73. The summed E-state index contributed by atoms with van der Waals surface area (Å²) in [4.78, 5) is 2.01. The number of aliphatic hydroxyl groups excluding tert-OH is 1. The van der Waals surface area contributed by atoms with Gasteiger partial charge >= 0.3 is 6.36 Å². The summed E-state index contributed by atoms with van der Waals surface area (Å²) < 4.78 is 42.1. The summed E-state index contributed by atoms with van der Waals surface area (Å²) in [5, 5.41) is 9.15. The van der Waals surface area contributed by atoms with Gasteiger partial charge in [-0.3, -0.25) is 0 Å². The van der Waals surface area contributed by atoms with Gasteiger partial charge in [-0.05, 0) is 53.7 Å². The molecule has 29 heavy (non-hydrogen) atoms. The fraction of sp³-hybridized carbons (Fsp3) is 0.304. The Morgan fingerprint density at radius 1 is 1.07 bits per heavy atom. The summed E-state index contributed by atoms with van der Waals surface area (Å²) in [5.41, 5.74) is 4.03. The summed E-state index contributed by atoms with van der Waals surface area (Å²) in [6.07, 6.45) is 1.45. The minimum absolute atomic E-state index is 0.114. The summed E-state index contributed by atoms with van der Waals surface area (Å²) >= 11 is 0. The van der Waals surface area contributed by atoms with E-state index in [1.54, 1.807) is 6.07 Å². The Balaban J connectivity index is 1.94. The topological polar surface area (TPSA) is 32.7 Å². The van der Waals surface area contributed by atoms with Gasteiger partial charge < -0.3 is 14.7 Å². The number of aliphatic hydroxyl groups is 1. The molecule has 0 radical (unpaired) electrons. The molecule has 0 aliphatic carbocycles. The molecular formula is C23H24F3NO2. The molecule has 154 valence electrons. The molecule has 0 fully saturated rings. The molecule has 0 amide bonds. The van der Waals surface area contributed by atoms with E-state index in [1.807, 2.05) is 54.5 Å². The predicted molar refractivity (Wildman–Crippen MR) is 106 cm³/mol. The highest BCUT2D eigenvalue weighted by molar-refractivity contribution is 5.42. The second kappa shape index (κ2) is 9.18. The van der Waals surface area contributed by atoms with Crippen LogP contribution in [0.15, 0.2) is 78.0 Å². The van der Waals surface area contributed by atoms with E-state index in [1.165, 1.54) is 12.1 Å². The van der Waals surface area contributed by atoms with Crippen molar-refractivity contribution < 1.29 is 23.0 Å². The molecule has 3 nitrogen and oxygen atoms in total. The maximum absolute atomic E-state index is 12.7. The van der Waals surface area contributed by atoms with Crippen LogP contribution in [0.4, 0.5) is 13.2 Å². The molecule has 1 aliphatic heterocycles. The van der Waals surface area contributed by atoms with Gasteiger partial charge in [0, 0.05) is 19.9 Å². The maximum atomic E-state index is 12.7. The minimum Gasteiger partial charge on any atom is -0.406 e. The molecule has 0 spiro atoms. The van der Waals surface area contributed by atoms with Crippen LogP contribution in [0.5, 0.6) is 5.75 Å². The molecule has 1 heterocycles. The third-order valence-corrected chi connectivity index (χ3v) is 4.78. The highest BCUT2D eigenvalue weighted by Crippen LogP contribution is 2.37. The van der Waals surface area contributed by atoms with Gasteiger partial charge in [0.05, 0.1) is 6.04 Å². The van der Waals surface area contributed by atoms with E-state index in [4.69, 9.17) is 5.11 Å². The predicted octanol–water partition coefficient (Wildman–Crippen LogP) is 5.40. The highest BCUT2D eigenvalue weighted by atomic mass is 19.4. The largest absolute Gasteiger partial charge is 0.573 e. The molecule has 0 saturated heterocycles. The number of alkyl halides is 3. The number of allylic oxidation sites excluding steroid dienone is 2. The van der Waals surface area contributed by atoms with E-state index in [0.717, 1.165) is 28.7 Å². The fourth-order valence-corrected chi connectivity index (χ4v) is 3.68. The summed E-state index contributed by atoms with van der Waals surface area (Å²) in [6, 6.07) is 15.9. The molecule has 1 unspecified atom stereocenters. The van der Waals surface area contributed by atoms with Gasteiger partial charge in [-0.2, -0.15) is 0 Å². The average Bonchev–Trinajstić information content (AvgIpc) is 2.66. The molecule has 1 aliphatic rings. The number of rotatable bonds is 7. The standard InChI is InChI=1S/C23H24F3NO2/c1-27-16-18(9-6-12-28)14-20(13-17-7-3-2-4-8-17)22(27)19-10-5-11-21(15-19)29-23(24,25)26/h2-5,7-8,10-11,14-16,22,28H,6,9,12-13H2,1H3. The van der Waals surface area contributed by atoms with E-state index in [0.29, 0.717) is 12.8 Å². The molecule has 0 aromatic heterocycles. The van der Waals surface area contributed by atoms with E-state index < -0.39 is 6.36 Å². The number of benzene rings is 2. The van der Waals surface area contributed by atoms with Crippen LogP contribution in [0.3, 0.4) is 0 Å². The Kier molecular flexibility index (Phi) is 6.64. The van der Waals surface area contributed by atoms with Gasteiger partial charge in [0.1, 0.15) is 5.75 Å². The quantitative estimate of drug-likeness (QED) is 0.672. The first-order valence-corrected chi connectivity index (χ1v) is 9.49. The van der Waals surface area contributed by atoms with Gasteiger partial charge in [-0.1, -0.05) is 48.5 Å². The first kappa shape index (κ1) is 21.0. The number of ether oxygens (including phenoxy) is 1. The zero-order valence-electron chi connectivity index (χ0n) is 16.2. The lowest BCUT2D eigenvalue weighted by Crippen LogP contribution is -2.26. The lowest BCUT2D eigenvalue weighted by atomic mass is 9.88. The summed E-state index contributed by atoms with van der Waals surface area (Å²) in [7, 11) is 1.92. The Labute approximate surface area is 168 Å². The van der Waals surface area contributed by atoms with Crippen molar-refractivity contribution in [2.24, 2.45) is 0 Å². The molecule has 0 saturated carbocycles. The van der Waals surface area contributed by atoms with Crippen molar-refractivity contribution in [2.75, 3.05) is 13.7 Å². The van der Waals surface area contributed by atoms with E-state index >= 15 is 0 Å². The molecule has 3 rings (SSSR count). The van der Waals surface area contributed by atoms with Crippen LogP contribution in [0.25, 0.3) is 0 Å². The van der Waals surface area contributed by atoms with E-state index in [9.17, 15) is 13.2 Å². The Bertz CT molecular complexity index is 875. The van der Waals surface area contributed by atoms with Gasteiger partial charge in [-0.25, -0.2) is 0 Å². The van der Waals surface area contributed by atoms with Crippen LogP contribution in [-0.4, -0.2) is 30.0 Å². The number of halogens is 3. The monoisotopic (exact) mass is 403 g/mol. The first-order chi connectivity index (χ1) is 13.9. The SMILES string of the molecule is CN1C=C(CCCO)C=C(Cc2ccccc2)C1c1cccc(OC(F)(F)F)c1. The van der Waals surface area contributed by atoms with Crippen LogP contribution in [0.2, 0.25) is 0 Å². The normalized spacial score (nSPS) is 17.0. The first-order valence-electron chi connectivity index (χ1n) is 9.49. The molecule has 1 atom stereocenters. The Hall–Kier alpha value is -2.73. The fourth-order valence-electron chi connectivity index (χ4n) is 3.68. The zero-order valence-corrected chi connectivity index (χ0v) is 16.2. The molecule has 1 N–H and O–H groups in total. The zero-order chi connectivity index (χ0) is 20.9. The van der Waals surface area contributed by atoms with Gasteiger partial charge in [0.25, 0.3) is 0 Å². The van der Waals surface area contributed by atoms with Gasteiger partial charge in [0.2, 0.25) is 0 Å². The van der Waals surface area contributed by atoms with Crippen LogP contribution in [0.1, 0.15) is 30.0 Å². The van der Waals surface area contributed by atoms with Crippen molar-refractivity contribution in [3.8, 4) is 5.75 Å². The van der Waals surface area contributed by atoms with Crippen molar-refractivity contribution in [3.63, 3.8) is 0 Å². The Morgan fingerprint density at radius 3 is 2.52 bits per heavy atom. The third-order valence-electron chi connectivity index (χ3n) is 4.78. The average molecular weight is 403 g/mol. The van der Waals surface area contributed by atoms with Crippen molar-refractivity contribution in [1.29, 1.82) is 0 Å². The Morgan fingerprint density at radius 2 is 1.83 bits per heavy atom. The highest BCUT2D eigenvalue weighted by Gasteiger charge is 2.32. The third kappa shape index (κ3) is 5.87. The number of hydrogen-bond acceptors (Lipinski definition) is 3. The van der Waals surface area contributed by atoms with Crippen molar-refractivity contribution in [3.05, 3.63) is 89.1 Å². The lowest BCUT2D eigenvalue weighted by Gasteiger charge is -2.34.